The molecule has 1 aromatic rings. The number of amides is 1. The molecule has 0 aliphatic carbocycles. The highest BCUT2D eigenvalue weighted by Gasteiger charge is 2.23. The normalized spacial score (nSPS) is 16.0. The Morgan fingerprint density at radius 1 is 1.24 bits per heavy atom. The van der Waals surface area contributed by atoms with Crippen molar-refractivity contribution in [1.82, 2.24) is 19.6 Å². The molecule has 1 amide bonds. The van der Waals surface area contributed by atoms with Crippen LogP contribution < -0.4 is 5.73 Å². The summed E-state index contributed by atoms with van der Waals surface area (Å²) >= 11 is 0. The number of esters is 1. The molecular weight excluding hydrogens is 274 g/mol. The Bertz CT molecular complexity index is 546. The van der Waals surface area contributed by atoms with Gasteiger partial charge in [0.25, 0.3) is 5.91 Å². The number of aromatic nitrogens is 2. The van der Waals surface area contributed by atoms with Crippen LogP contribution in [0.25, 0.3) is 0 Å². The molecule has 8 nitrogen and oxygen atoms in total. The van der Waals surface area contributed by atoms with E-state index in [9.17, 15) is 9.59 Å². The number of nitrogens with zero attached hydrogens (tertiary/aromatic N) is 4. The number of ether oxygens (including phenoxy) is 1. The Balaban J connectivity index is 1.90. The van der Waals surface area contributed by atoms with E-state index in [1.807, 2.05) is 7.05 Å². The van der Waals surface area contributed by atoms with Crippen molar-refractivity contribution in [2.45, 2.75) is 6.92 Å². The van der Waals surface area contributed by atoms with Crippen LogP contribution in [-0.2, 0) is 16.6 Å². The first-order valence-electron chi connectivity index (χ1n) is 6.82. The van der Waals surface area contributed by atoms with Gasteiger partial charge in [-0.05, 0) is 14.0 Å². The topological polar surface area (TPSA) is 93.7 Å². The van der Waals surface area contributed by atoms with Crippen molar-refractivity contribution in [1.29, 1.82) is 0 Å². The van der Waals surface area contributed by atoms with Gasteiger partial charge in [0.05, 0.1) is 11.4 Å². The van der Waals surface area contributed by atoms with Crippen LogP contribution in [0, 0.1) is 6.92 Å². The molecule has 0 unspecified atom stereocenters. The SMILES string of the molecule is Cc1nn(C)c(C(=O)OCC(=O)N2CCN(C)CC2)c1N. The van der Waals surface area contributed by atoms with Crippen LogP contribution in [0.5, 0.6) is 0 Å². The number of likely N-dealkylation sites (N-methyl/N-ethyl adjacent to an activating group) is 1. The number of hydrogen-bond acceptors (Lipinski definition) is 6. The Kier molecular flexibility index (Phi) is 4.46. The van der Waals surface area contributed by atoms with Crippen molar-refractivity contribution < 1.29 is 14.3 Å². The van der Waals surface area contributed by atoms with E-state index in [1.54, 1.807) is 18.9 Å². The third-order valence-electron chi connectivity index (χ3n) is 3.64. The summed E-state index contributed by atoms with van der Waals surface area (Å²) in [4.78, 5) is 27.8. The molecular formula is C13H21N5O3. The molecule has 0 bridgehead atoms. The maximum absolute atomic E-state index is 12.0. The third-order valence-corrected chi connectivity index (χ3v) is 3.64. The lowest BCUT2D eigenvalue weighted by Gasteiger charge is -2.32. The fourth-order valence-electron chi connectivity index (χ4n) is 2.26. The average Bonchev–Trinajstić information content (AvgIpc) is 2.70. The van der Waals surface area contributed by atoms with E-state index in [4.69, 9.17) is 10.5 Å². The molecule has 0 atom stereocenters. The second-order valence-corrected chi connectivity index (χ2v) is 5.23. The number of nitrogens with two attached hydrogens (primary N) is 1. The van der Waals surface area contributed by atoms with Crippen LogP contribution in [0.3, 0.4) is 0 Å². The first-order chi connectivity index (χ1) is 9.90. The van der Waals surface area contributed by atoms with Gasteiger partial charge in [0, 0.05) is 33.2 Å². The monoisotopic (exact) mass is 295 g/mol. The summed E-state index contributed by atoms with van der Waals surface area (Å²) < 4.78 is 6.43. The molecule has 8 heteroatoms. The standard InChI is InChI=1S/C13H21N5O3/c1-9-11(14)12(17(3)15-9)13(20)21-8-10(19)18-6-4-16(2)5-7-18/h4-8,14H2,1-3H3. The molecule has 1 aromatic heterocycles. The van der Waals surface area contributed by atoms with E-state index >= 15 is 0 Å². The van der Waals surface area contributed by atoms with E-state index in [-0.39, 0.29) is 23.9 Å². The van der Waals surface area contributed by atoms with Gasteiger partial charge in [-0.1, -0.05) is 0 Å². The van der Waals surface area contributed by atoms with Gasteiger partial charge in [0.15, 0.2) is 12.3 Å². The fraction of sp³-hybridized carbons (Fsp3) is 0.615. The molecule has 1 aliphatic rings. The number of carbonyl (C=O) groups is 2. The maximum atomic E-state index is 12.0. The summed E-state index contributed by atoms with van der Waals surface area (Å²) in [6, 6.07) is 0. The third kappa shape index (κ3) is 3.33. The minimum Gasteiger partial charge on any atom is -0.451 e. The Hall–Kier alpha value is -2.09. The molecule has 2 rings (SSSR count). The van der Waals surface area contributed by atoms with Gasteiger partial charge in [-0.3, -0.25) is 9.48 Å². The van der Waals surface area contributed by atoms with Crippen molar-refractivity contribution in [2.24, 2.45) is 7.05 Å². The Morgan fingerprint density at radius 3 is 2.38 bits per heavy atom. The summed E-state index contributed by atoms with van der Waals surface area (Å²) in [5, 5.41) is 4.05. The highest BCUT2D eigenvalue weighted by Crippen LogP contribution is 2.16. The molecule has 0 aromatic carbocycles. The Morgan fingerprint density at radius 2 is 1.86 bits per heavy atom. The van der Waals surface area contributed by atoms with E-state index in [1.165, 1.54) is 4.68 Å². The second-order valence-electron chi connectivity index (χ2n) is 5.23. The molecule has 0 spiro atoms. The zero-order valence-corrected chi connectivity index (χ0v) is 12.6. The molecule has 2 N–H and O–H groups in total. The number of rotatable bonds is 3. The van der Waals surface area contributed by atoms with Crippen LogP contribution >= 0.6 is 0 Å². The second kappa shape index (κ2) is 6.13. The maximum Gasteiger partial charge on any atom is 0.359 e. The quantitative estimate of drug-likeness (QED) is 0.737. The molecule has 116 valence electrons. The predicted octanol–water partition coefficient (Wildman–Crippen LogP) is -0.758. The zero-order chi connectivity index (χ0) is 15.6. The van der Waals surface area contributed by atoms with Crippen LogP contribution in [-0.4, -0.2) is 71.3 Å². The predicted molar refractivity (Wildman–Crippen MR) is 76.7 cm³/mol. The van der Waals surface area contributed by atoms with E-state index in [0.29, 0.717) is 18.8 Å². The van der Waals surface area contributed by atoms with E-state index in [2.05, 4.69) is 10.00 Å². The molecule has 1 aliphatic heterocycles. The lowest BCUT2D eigenvalue weighted by atomic mass is 10.3. The average molecular weight is 295 g/mol. The smallest absolute Gasteiger partial charge is 0.359 e. The molecule has 2 heterocycles. The minimum absolute atomic E-state index is 0.179. The number of carbonyl (C=O) groups excluding carboxylic acids is 2. The van der Waals surface area contributed by atoms with Crippen molar-refractivity contribution in [2.75, 3.05) is 45.6 Å². The number of aryl methyl sites for hydroxylation is 2. The molecule has 1 fully saturated rings. The molecule has 1 saturated heterocycles. The van der Waals surface area contributed by atoms with Gasteiger partial charge in [-0.25, -0.2) is 4.79 Å². The lowest BCUT2D eigenvalue weighted by molar-refractivity contribution is -0.136. The fourth-order valence-corrected chi connectivity index (χ4v) is 2.26. The van der Waals surface area contributed by atoms with Gasteiger partial charge in [0.2, 0.25) is 0 Å². The van der Waals surface area contributed by atoms with Gasteiger partial charge < -0.3 is 20.3 Å². The largest absolute Gasteiger partial charge is 0.451 e. The highest BCUT2D eigenvalue weighted by molar-refractivity contribution is 5.95. The lowest BCUT2D eigenvalue weighted by Crippen LogP contribution is -2.48. The summed E-state index contributed by atoms with van der Waals surface area (Å²) in [5.41, 5.74) is 6.81. The van der Waals surface area contributed by atoms with Crippen molar-refractivity contribution in [3.63, 3.8) is 0 Å². The molecule has 0 saturated carbocycles. The number of nitrogen functional groups attached to an aromatic ring is 1. The van der Waals surface area contributed by atoms with Crippen molar-refractivity contribution >= 4 is 17.6 Å². The zero-order valence-electron chi connectivity index (χ0n) is 12.6. The van der Waals surface area contributed by atoms with Crippen molar-refractivity contribution in [3.05, 3.63) is 11.4 Å². The van der Waals surface area contributed by atoms with Gasteiger partial charge >= 0.3 is 5.97 Å². The van der Waals surface area contributed by atoms with Crippen LogP contribution in [0.4, 0.5) is 5.69 Å². The summed E-state index contributed by atoms with van der Waals surface area (Å²) in [7, 11) is 3.62. The van der Waals surface area contributed by atoms with E-state index in [0.717, 1.165) is 13.1 Å². The Labute approximate surface area is 123 Å². The van der Waals surface area contributed by atoms with Gasteiger partial charge in [-0.15, -0.1) is 0 Å². The number of piperazine rings is 1. The van der Waals surface area contributed by atoms with E-state index < -0.39 is 5.97 Å². The van der Waals surface area contributed by atoms with Gasteiger partial charge in [-0.2, -0.15) is 5.10 Å². The number of anilines is 1. The summed E-state index contributed by atoms with van der Waals surface area (Å²) in [5.74, 6) is -0.813. The van der Waals surface area contributed by atoms with Crippen LogP contribution in [0.2, 0.25) is 0 Å². The highest BCUT2D eigenvalue weighted by atomic mass is 16.5. The first-order valence-corrected chi connectivity index (χ1v) is 6.82. The van der Waals surface area contributed by atoms with Gasteiger partial charge in [0.1, 0.15) is 0 Å². The molecule has 0 radical (unpaired) electrons. The van der Waals surface area contributed by atoms with Crippen LogP contribution in [0.1, 0.15) is 16.2 Å². The summed E-state index contributed by atoms with van der Waals surface area (Å²) in [6.45, 7) is 4.40. The number of hydrogen-bond donors (Lipinski definition) is 1. The first kappa shape index (κ1) is 15.3. The minimum atomic E-state index is -0.627. The summed E-state index contributed by atoms with van der Waals surface area (Å²) in [6.07, 6.45) is 0. The molecule has 21 heavy (non-hydrogen) atoms. The van der Waals surface area contributed by atoms with Crippen LogP contribution in [0.15, 0.2) is 0 Å². The van der Waals surface area contributed by atoms with Crippen molar-refractivity contribution in [3.8, 4) is 0 Å².